The molecule has 2 aromatic rings. The van der Waals surface area contributed by atoms with Crippen LogP contribution in [0.25, 0.3) is 0 Å². The van der Waals surface area contributed by atoms with Gasteiger partial charge >= 0.3 is 5.69 Å². The first-order valence-electron chi connectivity index (χ1n) is 9.44. The largest absolute Gasteiger partial charge is 0.356 e. The van der Waals surface area contributed by atoms with Crippen LogP contribution in [0, 0.1) is 11.7 Å². The number of hydrogen-bond donors (Lipinski definition) is 4. The van der Waals surface area contributed by atoms with Crippen molar-refractivity contribution in [3.05, 3.63) is 52.0 Å². The molecule has 2 amide bonds. The van der Waals surface area contributed by atoms with Crippen molar-refractivity contribution >= 4 is 11.8 Å². The minimum Gasteiger partial charge on any atom is -0.356 e. The topological polar surface area (TPSA) is 120 Å². The van der Waals surface area contributed by atoms with Gasteiger partial charge in [0.15, 0.2) is 0 Å². The lowest BCUT2D eigenvalue weighted by atomic mass is 9.85. The zero-order chi connectivity index (χ0) is 19.9. The highest BCUT2D eigenvalue weighted by atomic mass is 19.1. The lowest BCUT2D eigenvalue weighted by Gasteiger charge is -2.28. The maximum atomic E-state index is 13.2. The summed E-state index contributed by atoms with van der Waals surface area (Å²) in [6, 6.07) is 6.38. The molecule has 0 aliphatic heterocycles. The Morgan fingerprint density at radius 3 is 2.68 bits per heavy atom. The van der Waals surface area contributed by atoms with Gasteiger partial charge in [0.05, 0.1) is 6.42 Å². The number of aromatic nitrogens is 3. The highest BCUT2D eigenvalue weighted by Gasteiger charge is 2.27. The Morgan fingerprint density at radius 2 is 2.00 bits per heavy atom. The fourth-order valence-electron chi connectivity index (χ4n) is 3.49. The van der Waals surface area contributed by atoms with Crippen LogP contribution in [0.3, 0.4) is 0 Å². The van der Waals surface area contributed by atoms with Gasteiger partial charge in [0.2, 0.25) is 11.8 Å². The van der Waals surface area contributed by atoms with Gasteiger partial charge in [-0.25, -0.2) is 14.3 Å². The molecule has 0 radical (unpaired) electrons. The van der Waals surface area contributed by atoms with Gasteiger partial charge in [-0.15, -0.1) is 0 Å². The van der Waals surface area contributed by atoms with Crippen molar-refractivity contribution in [1.29, 1.82) is 0 Å². The summed E-state index contributed by atoms with van der Waals surface area (Å²) >= 11 is 0. The van der Waals surface area contributed by atoms with Crippen molar-refractivity contribution < 1.29 is 14.0 Å². The van der Waals surface area contributed by atoms with E-state index in [0.717, 1.165) is 18.4 Å². The Hall–Kier alpha value is -2.97. The van der Waals surface area contributed by atoms with Crippen LogP contribution in [-0.2, 0) is 22.4 Å². The number of hydrogen-bond acceptors (Lipinski definition) is 4. The second kappa shape index (κ2) is 9.29. The van der Waals surface area contributed by atoms with E-state index in [-0.39, 0.29) is 36.0 Å². The average molecular weight is 389 g/mol. The molecule has 1 aromatic carbocycles. The van der Waals surface area contributed by atoms with Crippen molar-refractivity contribution in [3.8, 4) is 0 Å². The zero-order valence-electron chi connectivity index (χ0n) is 15.5. The Kier molecular flexibility index (Phi) is 6.57. The smallest absolute Gasteiger partial charge is 0.340 e. The van der Waals surface area contributed by atoms with Crippen molar-refractivity contribution in [2.75, 3.05) is 6.54 Å². The van der Waals surface area contributed by atoms with Crippen molar-refractivity contribution in [2.24, 2.45) is 5.92 Å². The van der Waals surface area contributed by atoms with Crippen LogP contribution < -0.4 is 16.3 Å². The number of aromatic amines is 2. The molecule has 0 saturated heterocycles. The number of H-pyrrole nitrogens is 2. The van der Waals surface area contributed by atoms with Gasteiger partial charge in [-0.05, 0) is 49.8 Å². The Labute approximate surface area is 161 Å². The molecule has 3 rings (SSSR count). The van der Waals surface area contributed by atoms with E-state index in [4.69, 9.17) is 0 Å². The Morgan fingerprint density at radius 1 is 1.21 bits per heavy atom. The van der Waals surface area contributed by atoms with E-state index in [1.807, 2.05) is 6.07 Å². The number of amides is 2. The van der Waals surface area contributed by atoms with E-state index in [1.165, 1.54) is 12.1 Å². The fourth-order valence-corrected chi connectivity index (χ4v) is 3.49. The number of carbonyl (C=O) groups excluding carboxylic acids is 2. The molecule has 1 fully saturated rings. The molecule has 28 heavy (non-hydrogen) atoms. The number of halogens is 1. The SMILES string of the molecule is O=C(Cc1n[nH]c(=O)[nH]1)NC1CCC(C(=O)NCCc2cccc(F)c2)CC1. The minimum absolute atomic E-state index is 0.00952. The molecule has 1 aliphatic carbocycles. The summed E-state index contributed by atoms with van der Waals surface area (Å²) in [5, 5.41) is 11.8. The number of carbonyl (C=O) groups is 2. The van der Waals surface area contributed by atoms with E-state index in [0.29, 0.717) is 31.6 Å². The molecule has 1 heterocycles. The quantitative estimate of drug-likeness (QED) is 0.560. The van der Waals surface area contributed by atoms with Gasteiger partial charge in [0, 0.05) is 18.5 Å². The molecule has 150 valence electrons. The fraction of sp³-hybridized carbons (Fsp3) is 0.474. The van der Waals surface area contributed by atoms with Crippen LogP contribution in [0.1, 0.15) is 37.1 Å². The lowest BCUT2D eigenvalue weighted by Crippen LogP contribution is -2.41. The predicted octanol–water partition coefficient (Wildman–Crippen LogP) is 0.813. The first-order valence-corrected chi connectivity index (χ1v) is 9.44. The van der Waals surface area contributed by atoms with E-state index >= 15 is 0 Å². The van der Waals surface area contributed by atoms with Gasteiger partial charge in [-0.3, -0.25) is 14.6 Å². The molecule has 1 aliphatic rings. The minimum atomic E-state index is -0.438. The van der Waals surface area contributed by atoms with Gasteiger partial charge in [0.1, 0.15) is 11.6 Å². The summed E-state index contributed by atoms with van der Waals surface area (Å²) in [7, 11) is 0. The number of rotatable bonds is 7. The first-order chi connectivity index (χ1) is 13.5. The maximum absolute atomic E-state index is 13.2. The van der Waals surface area contributed by atoms with E-state index in [1.54, 1.807) is 6.07 Å². The van der Waals surface area contributed by atoms with Gasteiger partial charge < -0.3 is 10.6 Å². The molecule has 1 aromatic heterocycles. The molecule has 1 saturated carbocycles. The van der Waals surface area contributed by atoms with E-state index in [9.17, 15) is 18.8 Å². The summed E-state index contributed by atoms with van der Waals surface area (Å²) in [6.07, 6.45) is 3.46. The summed E-state index contributed by atoms with van der Waals surface area (Å²) < 4.78 is 13.2. The third-order valence-corrected chi connectivity index (χ3v) is 4.94. The standard InChI is InChI=1S/C19H24FN5O3/c20-14-3-1-2-12(10-14)8-9-21-18(27)13-4-6-15(7-5-13)22-17(26)11-16-23-19(28)25-24-16/h1-3,10,13,15H,4-9,11H2,(H,21,27)(H,22,26)(H2,23,24,25,28). The Bertz CT molecular complexity index is 870. The highest BCUT2D eigenvalue weighted by Crippen LogP contribution is 2.24. The van der Waals surface area contributed by atoms with Crippen LogP contribution in [-0.4, -0.2) is 39.6 Å². The molecular formula is C19H24FN5O3. The van der Waals surface area contributed by atoms with Crippen molar-refractivity contribution in [3.63, 3.8) is 0 Å². The van der Waals surface area contributed by atoms with Crippen LogP contribution in [0.15, 0.2) is 29.1 Å². The molecule has 0 unspecified atom stereocenters. The van der Waals surface area contributed by atoms with Gasteiger partial charge in [-0.1, -0.05) is 12.1 Å². The van der Waals surface area contributed by atoms with Gasteiger partial charge in [-0.2, -0.15) is 5.10 Å². The van der Waals surface area contributed by atoms with Crippen LogP contribution in [0.2, 0.25) is 0 Å². The van der Waals surface area contributed by atoms with E-state index in [2.05, 4.69) is 25.8 Å². The average Bonchev–Trinajstić information content (AvgIpc) is 3.07. The second-order valence-electron chi connectivity index (χ2n) is 7.09. The van der Waals surface area contributed by atoms with Crippen LogP contribution in [0.4, 0.5) is 4.39 Å². The third-order valence-electron chi connectivity index (χ3n) is 4.94. The normalized spacial score (nSPS) is 19.2. The second-order valence-corrected chi connectivity index (χ2v) is 7.09. The molecule has 8 nitrogen and oxygen atoms in total. The van der Waals surface area contributed by atoms with E-state index < -0.39 is 5.69 Å². The molecule has 0 bridgehead atoms. The molecule has 4 N–H and O–H groups in total. The highest BCUT2D eigenvalue weighted by molar-refractivity contribution is 5.79. The van der Waals surface area contributed by atoms with Crippen LogP contribution >= 0.6 is 0 Å². The molecular weight excluding hydrogens is 365 g/mol. The zero-order valence-corrected chi connectivity index (χ0v) is 15.5. The molecule has 9 heteroatoms. The third kappa shape index (κ3) is 5.77. The number of nitrogens with one attached hydrogen (secondary N) is 4. The van der Waals surface area contributed by atoms with Crippen LogP contribution in [0.5, 0.6) is 0 Å². The molecule has 0 atom stereocenters. The Balaban J connectivity index is 1.35. The molecule has 0 spiro atoms. The van der Waals surface area contributed by atoms with Crippen molar-refractivity contribution in [1.82, 2.24) is 25.8 Å². The lowest BCUT2D eigenvalue weighted by molar-refractivity contribution is -0.126. The van der Waals surface area contributed by atoms with Crippen molar-refractivity contribution in [2.45, 2.75) is 44.6 Å². The number of nitrogens with zero attached hydrogens (tertiary/aromatic N) is 1. The first kappa shape index (κ1) is 19.8. The monoisotopic (exact) mass is 389 g/mol. The summed E-state index contributed by atoms with van der Waals surface area (Å²) in [6.45, 7) is 0.473. The summed E-state index contributed by atoms with van der Waals surface area (Å²) in [5.41, 5.74) is 0.414. The summed E-state index contributed by atoms with van der Waals surface area (Å²) in [5.74, 6) is -0.235. The predicted molar refractivity (Wildman–Crippen MR) is 99.9 cm³/mol. The number of benzene rings is 1. The maximum Gasteiger partial charge on any atom is 0.340 e. The van der Waals surface area contributed by atoms with Gasteiger partial charge in [0.25, 0.3) is 0 Å². The summed E-state index contributed by atoms with van der Waals surface area (Å²) in [4.78, 5) is 37.7.